The molecule has 86 valence electrons. The minimum Gasteiger partial charge on any atom is -0.308 e. The fourth-order valence-electron chi connectivity index (χ4n) is 1.65. The van der Waals surface area contributed by atoms with Crippen molar-refractivity contribution < 1.29 is 4.92 Å². The third-order valence-corrected chi connectivity index (χ3v) is 3.65. The van der Waals surface area contributed by atoms with Gasteiger partial charge in [-0.15, -0.1) is 0 Å². The molecule has 1 aliphatic rings. The van der Waals surface area contributed by atoms with Crippen molar-refractivity contribution in [2.45, 2.75) is 19.4 Å². The summed E-state index contributed by atoms with van der Waals surface area (Å²) >= 11 is 4.25. The van der Waals surface area contributed by atoms with Crippen molar-refractivity contribution in [2.75, 3.05) is 5.75 Å². The maximum atomic E-state index is 11.5. The lowest BCUT2D eigenvalue weighted by Crippen LogP contribution is -2.24. The summed E-state index contributed by atoms with van der Waals surface area (Å²) in [7, 11) is 0. The molecule has 0 unspecified atom stereocenters. The van der Waals surface area contributed by atoms with E-state index in [1.807, 2.05) is 0 Å². The Kier molecular flexibility index (Phi) is 2.75. The zero-order valence-electron chi connectivity index (χ0n) is 8.63. The second-order valence-corrected chi connectivity index (χ2v) is 4.58. The van der Waals surface area contributed by atoms with Crippen LogP contribution in [0.2, 0.25) is 0 Å². The minimum absolute atomic E-state index is 0.0467. The minimum atomic E-state index is -0.490. The van der Waals surface area contributed by atoms with Crippen LogP contribution in [0.25, 0.3) is 0 Å². The van der Waals surface area contributed by atoms with Crippen LogP contribution in [0.5, 0.6) is 0 Å². The smallest absolute Gasteiger partial charge is 0.285 e. The summed E-state index contributed by atoms with van der Waals surface area (Å²) in [5.41, 5.74) is -0.171. The van der Waals surface area contributed by atoms with Crippen LogP contribution in [0.3, 0.4) is 0 Å². The summed E-state index contributed by atoms with van der Waals surface area (Å²) in [6.07, 6.45) is 3.38. The molecule has 5 nitrogen and oxygen atoms in total. The van der Waals surface area contributed by atoms with Crippen molar-refractivity contribution >= 4 is 18.3 Å². The van der Waals surface area contributed by atoms with Crippen molar-refractivity contribution in [3.05, 3.63) is 38.8 Å². The van der Waals surface area contributed by atoms with E-state index >= 15 is 0 Å². The van der Waals surface area contributed by atoms with E-state index in [9.17, 15) is 14.9 Å². The van der Waals surface area contributed by atoms with Crippen molar-refractivity contribution in [3.63, 3.8) is 0 Å². The van der Waals surface area contributed by atoms with Crippen LogP contribution in [-0.4, -0.2) is 15.2 Å². The fraction of sp³-hybridized carbons (Fsp3) is 0.500. The van der Waals surface area contributed by atoms with Crippen LogP contribution in [0, 0.1) is 15.5 Å². The molecule has 0 atom stereocenters. The zero-order valence-corrected chi connectivity index (χ0v) is 9.52. The van der Waals surface area contributed by atoms with Crippen molar-refractivity contribution in [1.82, 2.24) is 4.57 Å². The van der Waals surface area contributed by atoms with E-state index in [-0.39, 0.29) is 16.7 Å². The number of pyridine rings is 1. The maximum absolute atomic E-state index is 11.5. The van der Waals surface area contributed by atoms with Gasteiger partial charge in [0.05, 0.1) is 11.1 Å². The van der Waals surface area contributed by atoms with E-state index < -0.39 is 4.92 Å². The predicted molar refractivity (Wildman–Crippen MR) is 62.9 cm³/mol. The molecule has 0 bridgehead atoms. The molecule has 0 radical (unpaired) electrons. The predicted octanol–water partition coefficient (Wildman–Crippen LogP) is 1.47. The molecule has 1 heterocycles. The van der Waals surface area contributed by atoms with Gasteiger partial charge in [0.2, 0.25) is 0 Å². The molecule has 0 saturated heterocycles. The molecule has 1 aromatic heterocycles. The molecule has 1 aliphatic carbocycles. The average molecular weight is 240 g/mol. The summed E-state index contributed by atoms with van der Waals surface area (Å²) in [6, 6.07) is 2.48. The van der Waals surface area contributed by atoms with Crippen molar-refractivity contribution in [2.24, 2.45) is 5.41 Å². The Hall–Kier alpha value is -1.30. The number of rotatable bonds is 4. The summed E-state index contributed by atoms with van der Waals surface area (Å²) in [6.45, 7) is 0.525. The van der Waals surface area contributed by atoms with Gasteiger partial charge in [0.15, 0.2) is 0 Å². The maximum Gasteiger partial charge on any atom is 0.285 e. The fourth-order valence-corrected chi connectivity index (χ4v) is 2.07. The molecule has 1 fully saturated rings. The Bertz CT molecular complexity index is 479. The number of thiol groups is 1. The van der Waals surface area contributed by atoms with Gasteiger partial charge >= 0.3 is 0 Å². The van der Waals surface area contributed by atoms with E-state index in [0.29, 0.717) is 12.3 Å². The highest BCUT2D eigenvalue weighted by atomic mass is 32.1. The third-order valence-electron chi connectivity index (χ3n) is 2.98. The standard InChI is InChI=1S/C10H12N2O3S/c13-9-2-1-8(12(14)15)5-11(9)6-10(7-16)3-4-10/h1-2,5,16H,3-4,6-7H2. The largest absolute Gasteiger partial charge is 0.308 e. The molecule has 2 rings (SSSR count). The Labute approximate surface area is 97.6 Å². The average Bonchev–Trinajstić information content (AvgIpc) is 3.02. The van der Waals surface area contributed by atoms with Gasteiger partial charge in [0, 0.05) is 18.7 Å². The zero-order chi connectivity index (χ0) is 11.8. The number of aromatic nitrogens is 1. The van der Waals surface area contributed by atoms with Crippen molar-refractivity contribution in [1.29, 1.82) is 0 Å². The highest BCUT2D eigenvalue weighted by Crippen LogP contribution is 2.47. The molecule has 0 amide bonds. The summed E-state index contributed by atoms with van der Waals surface area (Å²) < 4.78 is 1.42. The Morgan fingerprint density at radius 2 is 2.19 bits per heavy atom. The first-order chi connectivity index (χ1) is 7.56. The Morgan fingerprint density at radius 3 is 2.69 bits per heavy atom. The molecule has 0 spiro atoms. The second kappa shape index (κ2) is 3.93. The highest BCUT2D eigenvalue weighted by Gasteiger charge is 2.41. The van der Waals surface area contributed by atoms with Crippen LogP contribution in [-0.2, 0) is 6.54 Å². The van der Waals surface area contributed by atoms with Crippen LogP contribution in [0.1, 0.15) is 12.8 Å². The van der Waals surface area contributed by atoms with Gasteiger partial charge in [-0.1, -0.05) is 0 Å². The lowest BCUT2D eigenvalue weighted by molar-refractivity contribution is -0.385. The molecule has 0 N–H and O–H groups in total. The molecule has 6 heteroatoms. The lowest BCUT2D eigenvalue weighted by atomic mass is 10.1. The van der Waals surface area contributed by atoms with E-state index in [2.05, 4.69) is 12.6 Å². The Morgan fingerprint density at radius 1 is 1.50 bits per heavy atom. The number of hydrogen-bond acceptors (Lipinski definition) is 4. The van der Waals surface area contributed by atoms with Crippen molar-refractivity contribution in [3.8, 4) is 0 Å². The topological polar surface area (TPSA) is 65.1 Å². The summed E-state index contributed by atoms with van der Waals surface area (Å²) in [5.74, 6) is 0.710. The van der Waals surface area contributed by atoms with Gasteiger partial charge in [-0.2, -0.15) is 12.6 Å². The van der Waals surface area contributed by atoms with Gasteiger partial charge in [-0.05, 0) is 24.0 Å². The first-order valence-corrected chi connectivity index (χ1v) is 5.65. The second-order valence-electron chi connectivity index (χ2n) is 4.27. The third kappa shape index (κ3) is 2.11. The summed E-state index contributed by atoms with van der Waals surface area (Å²) in [4.78, 5) is 21.6. The first-order valence-electron chi connectivity index (χ1n) is 5.02. The van der Waals surface area contributed by atoms with Crippen LogP contribution < -0.4 is 5.56 Å². The number of nitrogens with zero attached hydrogens (tertiary/aromatic N) is 2. The molecular weight excluding hydrogens is 228 g/mol. The molecular formula is C10H12N2O3S. The van der Waals surface area contributed by atoms with Gasteiger partial charge in [0.25, 0.3) is 11.2 Å². The van der Waals surface area contributed by atoms with Gasteiger partial charge in [-0.25, -0.2) is 0 Å². The van der Waals surface area contributed by atoms with Gasteiger partial charge in [-0.3, -0.25) is 14.9 Å². The van der Waals surface area contributed by atoms with Crippen LogP contribution in [0.4, 0.5) is 5.69 Å². The SMILES string of the molecule is O=c1ccc([N+](=O)[O-])cn1CC1(CS)CC1. The quantitative estimate of drug-likeness (QED) is 0.492. The molecule has 1 saturated carbocycles. The monoisotopic (exact) mass is 240 g/mol. The highest BCUT2D eigenvalue weighted by molar-refractivity contribution is 7.80. The number of hydrogen-bond donors (Lipinski definition) is 1. The van der Waals surface area contributed by atoms with E-state index in [0.717, 1.165) is 12.8 Å². The molecule has 16 heavy (non-hydrogen) atoms. The first kappa shape index (κ1) is 11.2. The Balaban J connectivity index is 2.29. The van der Waals surface area contributed by atoms with Gasteiger partial charge < -0.3 is 4.57 Å². The van der Waals surface area contributed by atoms with E-state index in [1.54, 1.807) is 0 Å². The van der Waals surface area contributed by atoms with Crippen LogP contribution >= 0.6 is 12.6 Å². The normalized spacial score (nSPS) is 17.1. The summed E-state index contributed by atoms with van der Waals surface area (Å²) in [5, 5.41) is 10.6. The number of nitro groups is 1. The molecule has 1 aromatic rings. The lowest BCUT2D eigenvalue weighted by Gasteiger charge is -2.13. The van der Waals surface area contributed by atoms with Crippen LogP contribution in [0.15, 0.2) is 23.1 Å². The molecule has 0 aliphatic heterocycles. The molecule has 0 aromatic carbocycles. The van der Waals surface area contributed by atoms with E-state index in [4.69, 9.17) is 0 Å². The van der Waals surface area contributed by atoms with E-state index in [1.165, 1.54) is 22.9 Å². The van der Waals surface area contributed by atoms with Gasteiger partial charge in [0.1, 0.15) is 0 Å².